The van der Waals surface area contributed by atoms with Crippen LogP contribution in [0.4, 0.5) is 0 Å². The van der Waals surface area contributed by atoms with Gasteiger partial charge in [0.2, 0.25) is 5.91 Å². The van der Waals surface area contributed by atoms with Gasteiger partial charge in [-0.25, -0.2) is 4.68 Å². The topological polar surface area (TPSA) is 77.1 Å². The maximum atomic E-state index is 12.0. The number of aromatic nitrogens is 5. The summed E-state index contributed by atoms with van der Waals surface area (Å²) in [4.78, 5) is 12.0. The fourth-order valence-corrected chi connectivity index (χ4v) is 2.55. The highest BCUT2D eigenvalue weighted by Gasteiger charge is 2.05. The Kier molecular flexibility index (Phi) is 4.26. The van der Waals surface area contributed by atoms with E-state index < -0.39 is 0 Å². The molecule has 0 unspecified atom stereocenters. The van der Waals surface area contributed by atoms with Gasteiger partial charge in [-0.3, -0.25) is 9.20 Å². The van der Waals surface area contributed by atoms with Crippen LogP contribution in [0.1, 0.15) is 11.4 Å². The third-order valence-corrected chi connectivity index (χ3v) is 3.86. The van der Waals surface area contributed by atoms with E-state index >= 15 is 0 Å². The minimum atomic E-state index is -0.204. The molecule has 0 radical (unpaired) electrons. The van der Waals surface area contributed by atoms with Gasteiger partial charge in [0.25, 0.3) is 0 Å². The number of fused-ring (bicyclic) bond motifs is 1. The fraction of sp³-hybridized carbons (Fsp3) is 0.0526. The first-order valence-electron chi connectivity index (χ1n) is 8.14. The second-order valence-electron chi connectivity index (χ2n) is 5.65. The molecule has 0 fully saturated rings. The number of carbonyl (C=O) groups excluding carboxylic acids is 1. The third kappa shape index (κ3) is 3.36. The summed E-state index contributed by atoms with van der Waals surface area (Å²) in [5.41, 5.74) is 2.56. The summed E-state index contributed by atoms with van der Waals surface area (Å²) in [5, 5.41) is 15.2. The number of carbonyl (C=O) groups is 1. The maximum absolute atomic E-state index is 12.0. The smallest absolute Gasteiger partial charge is 0.244 e. The van der Waals surface area contributed by atoms with E-state index in [0.717, 1.165) is 16.9 Å². The Bertz CT molecular complexity index is 1060. The van der Waals surface area contributed by atoms with Gasteiger partial charge in [-0.15, -0.1) is 10.2 Å². The van der Waals surface area contributed by atoms with Gasteiger partial charge < -0.3 is 5.32 Å². The molecule has 128 valence electrons. The van der Waals surface area contributed by atoms with Crippen molar-refractivity contribution in [3.05, 3.63) is 84.6 Å². The van der Waals surface area contributed by atoms with Crippen molar-refractivity contribution in [3.8, 4) is 5.69 Å². The van der Waals surface area contributed by atoms with E-state index in [2.05, 4.69) is 20.6 Å². The quantitative estimate of drug-likeness (QED) is 0.563. The average Bonchev–Trinajstić information content (AvgIpc) is 3.33. The molecule has 26 heavy (non-hydrogen) atoms. The lowest BCUT2D eigenvalue weighted by Crippen LogP contribution is -2.21. The third-order valence-electron chi connectivity index (χ3n) is 3.86. The maximum Gasteiger partial charge on any atom is 0.244 e. The minimum Gasteiger partial charge on any atom is -0.345 e. The number of pyridine rings is 1. The van der Waals surface area contributed by atoms with E-state index in [-0.39, 0.29) is 5.91 Å². The molecule has 3 heterocycles. The zero-order valence-electron chi connectivity index (χ0n) is 13.9. The lowest BCUT2D eigenvalue weighted by atomic mass is 10.3. The van der Waals surface area contributed by atoms with E-state index in [1.807, 2.05) is 65.3 Å². The molecule has 0 saturated heterocycles. The van der Waals surface area contributed by atoms with Crippen LogP contribution in [0.15, 0.2) is 73.2 Å². The molecule has 3 aromatic heterocycles. The van der Waals surface area contributed by atoms with Crippen LogP contribution in [0.5, 0.6) is 0 Å². The molecule has 7 heteroatoms. The van der Waals surface area contributed by atoms with Crippen molar-refractivity contribution in [1.82, 2.24) is 29.7 Å². The monoisotopic (exact) mass is 344 g/mol. The lowest BCUT2D eigenvalue weighted by Gasteiger charge is -2.00. The van der Waals surface area contributed by atoms with Crippen molar-refractivity contribution in [1.29, 1.82) is 0 Å². The summed E-state index contributed by atoms with van der Waals surface area (Å²) < 4.78 is 3.60. The lowest BCUT2D eigenvalue weighted by molar-refractivity contribution is -0.116. The Labute approximate surface area is 149 Å². The van der Waals surface area contributed by atoms with Gasteiger partial charge in [0.1, 0.15) is 0 Å². The number of para-hydroxylation sites is 1. The van der Waals surface area contributed by atoms with Gasteiger partial charge in [-0.05, 0) is 30.3 Å². The second kappa shape index (κ2) is 7.02. The Morgan fingerprint density at radius 1 is 1.08 bits per heavy atom. The molecule has 4 rings (SSSR count). The SMILES string of the molecule is O=C(C=Cc1cnn(-c2ccccc2)c1)NCc1nnc2ccccn12. The molecule has 7 nitrogen and oxygen atoms in total. The van der Waals surface area contributed by atoms with Gasteiger partial charge in [0.05, 0.1) is 18.4 Å². The number of rotatable bonds is 5. The van der Waals surface area contributed by atoms with Gasteiger partial charge >= 0.3 is 0 Å². The van der Waals surface area contributed by atoms with Crippen molar-refractivity contribution >= 4 is 17.6 Å². The van der Waals surface area contributed by atoms with Crippen LogP contribution in [0, 0.1) is 0 Å². The average molecular weight is 344 g/mol. The van der Waals surface area contributed by atoms with Crippen LogP contribution < -0.4 is 5.32 Å². The number of nitrogens with one attached hydrogen (secondary N) is 1. The van der Waals surface area contributed by atoms with E-state index in [4.69, 9.17) is 0 Å². The highest BCUT2D eigenvalue weighted by Crippen LogP contribution is 2.08. The van der Waals surface area contributed by atoms with Crippen molar-refractivity contribution in [3.63, 3.8) is 0 Å². The van der Waals surface area contributed by atoms with Gasteiger partial charge in [-0.1, -0.05) is 24.3 Å². The first-order valence-corrected chi connectivity index (χ1v) is 8.14. The van der Waals surface area contributed by atoms with Crippen LogP contribution in [0.2, 0.25) is 0 Å². The summed E-state index contributed by atoms with van der Waals surface area (Å²) in [6.07, 6.45) is 8.65. The molecule has 0 aliphatic heterocycles. The number of benzene rings is 1. The first kappa shape index (κ1) is 15.8. The largest absolute Gasteiger partial charge is 0.345 e. The molecule has 0 atom stereocenters. The molecule has 1 aromatic carbocycles. The highest BCUT2D eigenvalue weighted by molar-refractivity contribution is 5.91. The molecule has 0 saturated carbocycles. The zero-order valence-corrected chi connectivity index (χ0v) is 13.9. The Hall–Kier alpha value is -3.74. The summed E-state index contributed by atoms with van der Waals surface area (Å²) in [5.74, 6) is 0.476. The van der Waals surface area contributed by atoms with Crippen molar-refractivity contribution in [2.75, 3.05) is 0 Å². The van der Waals surface area contributed by atoms with E-state index in [9.17, 15) is 4.79 Å². The van der Waals surface area contributed by atoms with Crippen LogP contribution in [0.3, 0.4) is 0 Å². The van der Waals surface area contributed by atoms with Crippen molar-refractivity contribution < 1.29 is 4.79 Å². The summed E-state index contributed by atoms with van der Waals surface area (Å²) in [7, 11) is 0. The highest BCUT2D eigenvalue weighted by atomic mass is 16.1. The van der Waals surface area contributed by atoms with Crippen LogP contribution in [-0.2, 0) is 11.3 Å². The van der Waals surface area contributed by atoms with Gasteiger partial charge in [-0.2, -0.15) is 5.10 Å². The molecule has 0 aliphatic rings. The summed E-state index contributed by atoms with van der Waals surface area (Å²) >= 11 is 0. The van der Waals surface area contributed by atoms with Crippen molar-refractivity contribution in [2.45, 2.75) is 6.54 Å². The number of amides is 1. The Balaban J connectivity index is 1.38. The molecule has 1 amide bonds. The molecule has 0 aliphatic carbocycles. The number of nitrogens with zero attached hydrogens (tertiary/aromatic N) is 5. The molecule has 0 bridgehead atoms. The summed E-state index contributed by atoms with van der Waals surface area (Å²) in [6.45, 7) is 0.303. The van der Waals surface area contributed by atoms with Crippen LogP contribution in [-0.4, -0.2) is 30.3 Å². The minimum absolute atomic E-state index is 0.204. The predicted molar refractivity (Wildman–Crippen MR) is 97.4 cm³/mol. The van der Waals surface area contributed by atoms with E-state index in [1.165, 1.54) is 6.08 Å². The standard InChI is InChI=1S/C19H16N6O/c26-19(20-13-18-23-22-17-8-4-5-11-24(17)18)10-9-15-12-21-25(14-15)16-6-2-1-3-7-16/h1-12,14H,13H2,(H,20,26). The fourth-order valence-electron chi connectivity index (χ4n) is 2.55. The Morgan fingerprint density at radius 2 is 1.92 bits per heavy atom. The molecule has 4 aromatic rings. The van der Waals surface area contributed by atoms with E-state index in [0.29, 0.717) is 12.4 Å². The van der Waals surface area contributed by atoms with Crippen LogP contribution >= 0.6 is 0 Å². The zero-order chi connectivity index (χ0) is 17.8. The second-order valence-corrected chi connectivity index (χ2v) is 5.65. The predicted octanol–water partition coefficient (Wildman–Crippen LogP) is 2.24. The normalized spacial score (nSPS) is 11.2. The van der Waals surface area contributed by atoms with Gasteiger partial charge in [0, 0.05) is 24.0 Å². The number of hydrogen-bond donors (Lipinski definition) is 1. The van der Waals surface area contributed by atoms with Crippen molar-refractivity contribution in [2.24, 2.45) is 0 Å². The molecular weight excluding hydrogens is 328 g/mol. The molecular formula is C19H16N6O. The van der Waals surface area contributed by atoms with Gasteiger partial charge in [0.15, 0.2) is 11.5 Å². The van der Waals surface area contributed by atoms with E-state index in [1.54, 1.807) is 17.0 Å². The summed E-state index contributed by atoms with van der Waals surface area (Å²) in [6, 6.07) is 15.4. The first-order chi connectivity index (χ1) is 12.8. The van der Waals surface area contributed by atoms with Crippen LogP contribution in [0.25, 0.3) is 17.4 Å². The number of hydrogen-bond acceptors (Lipinski definition) is 4. The molecule has 1 N–H and O–H groups in total. The molecule has 0 spiro atoms. The Morgan fingerprint density at radius 3 is 2.81 bits per heavy atom.